The average molecular weight is 371 g/mol. The second kappa shape index (κ2) is 6.71. The summed E-state index contributed by atoms with van der Waals surface area (Å²) in [6.45, 7) is 3.49. The van der Waals surface area contributed by atoms with Gasteiger partial charge in [0.05, 0.1) is 22.1 Å². The largest absolute Gasteiger partial charge is 0.342 e. The molecule has 1 saturated heterocycles. The fourth-order valence-electron chi connectivity index (χ4n) is 4.11. The molecule has 0 spiro atoms. The Balaban J connectivity index is 1.44. The maximum Gasteiger partial charge on any atom is 0.256 e. The zero-order valence-electron chi connectivity index (χ0n) is 15.7. The lowest BCUT2D eigenvalue weighted by molar-refractivity contribution is 0.0706. The van der Waals surface area contributed by atoms with Gasteiger partial charge in [0, 0.05) is 31.4 Å². The Morgan fingerprint density at radius 1 is 1.11 bits per heavy atom. The van der Waals surface area contributed by atoms with E-state index in [-0.39, 0.29) is 11.8 Å². The molecular weight excluding hydrogens is 350 g/mol. The lowest BCUT2D eigenvalue weighted by atomic mass is 9.96. The lowest BCUT2D eigenvalue weighted by Crippen LogP contribution is -2.39. The predicted molar refractivity (Wildman–Crippen MR) is 108 cm³/mol. The average Bonchev–Trinajstić information content (AvgIpc) is 3.19. The van der Waals surface area contributed by atoms with E-state index in [9.17, 15) is 4.79 Å². The summed E-state index contributed by atoms with van der Waals surface area (Å²) in [4.78, 5) is 32.2. The smallest absolute Gasteiger partial charge is 0.256 e. The third-order valence-corrected chi connectivity index (χ3v) is 5.56. The van der Waals surface area contributed by atoms with E-state index in [1.807, 2.05) is 29.2 Å². The van der Waals surface area contributed by atoms with Gasteiger partial charge in [-0.1, -0.05) is 18.2 Å². The first-order chi connectivity index (χ1) is 13.7. The molecule has 3 heterocycles. The standard InChI is InChI=1S/C22H21N5O/c1-14-5-2-9-18-19(14)26-21(25-18)15-6-4-12-27(13-15)22(28)16-7-3-8-17-20(16)24-11-10-23-17/h2-3,5,7-11,15H,4,6,12-13H2,1H3,(H,25,26)/t15-/m0/s1. The van der Waals surface area contributed by atoms with Gasteiger partial charge in [-0.15, -0.1) is 0 Å². The topological polar surface area (TPSA) is 74.8 Å². The Bertz CT molecular complexity index is 1180. The summed E-state index contributed by atoms with van der Waals surface area (Å²) in [7, 11) is 0. The van der Waals surface area contributed by atoms with Gasteiger partial charge in [0.15, 0.2) is 0 Å². The number of amides is 1. The number of hydrogen-bond donors (Lipinski definition) is 1. The van der Waals surface area contributed by atoms with E-state index >= 15 is 0 Å². The van der Waals surface area contributed by atoms with Gasteiger partial charge in [-0.25, -0.2) is 4.98 Å². The van der Waals surface area contributed by atoms with E-state index in [1.165, 1.54) is 0 Å². The number of H-pyrrole nitrogens is 1. The van der Waals surface area contributed by atoms with Crippen molar-refractivity contribution in [3.63, 3.8) is 0 Å². The number of aromatic amines is 1. The van der Waals surface area contributed by atoms with Crippen molar-refractivity contribution in [3.8, 4) is 0 Å². The Morgan fingerprint density at radius 2 is 1.96 bits per heavy atom. The highest BCUT2D eigenvalue weighted by molar-refractivity contribution is 6.04. The minimum atomic E-state index is 0.0168. The van der Waals surface area contributed by atoms with Crippen LogP contribution in [0.1, 0.15) is 40.5 Å². The maximum atomic E-state index is 13.2. The van der Waals surface area contributed by atoms with Crippen molar-refractivity contribution in [2.75, 3.05) is 13.1 Å². The molecule has 4 aromatic rings. The number of carbonyl (C=O) groups excluding carboxylic acids is 1. The van der Waals surface area contributed by atoms with Gasteiger partial charge in [0.25, 0.3) is 5.91 Å². The number of para-hydroxylation sites is 2. The van der Waals surface area contributed by atoms with Crippen LogP contribution in [0.2, 0.25) is 0 Å². The number of nitrogens with zero attached hydrogens (tertiary/aromatic N) is 4. The number of likely N-dealkylation sites (tertiary alicyclic amines) is 1. The highest BCUT2D eigenvalue weighted by Crippen LogP contribution is 2.29. The van der Waals surface area contributed by atoms with Gasteiger partial charge in [0.1, 0.15) is 11.3 Å². The number of imidazole rings is 1. The van der Waals surface area contributed by atoms with Crippen molar-refractivity contribution in [3.05, 3.63) is 65.7 Å². The molecule has 1 amide bonds. The number of fused-ring (bicyclic) bond motifs is 2. The molecule has 1 atom stereocenters. The molecule has 0 radical (unpaired) electrons. The zero-order valence-corrected chi connectivity index (χ0v) is 15.7. The minimum Gasteiger partial charge on any atom is -0.342 e. The van der Waals surface area contributed by atoms with Crippen molar-refractivity contribution in [1.29, 1.82) is 0 Å². The number of aromatic nitrogens is 4. The maximum absolute atomic E-state index is 13.2. The number of aryl methyl sites for hydroxylation is 1. The van der Waals surface area contributed by atoms with Crippen molar-refractivity contribution >= 4 is 28.0 Å². The molecular formula is C22H21N5O. The highest BCUT2D eigenvalue weighted by atomic mass is 16.2. The molecule has 1 aliphatic rings. The summed E-state index contributed by atoms with van der Waals surface area (Å²) in [6.07, 6.45) is 5.27. The first kappa shape index (κ1) is 16.9. The summed E-state index contributed by atoms with van der Waals surface area (Å²) < 4.78 is 0. The number of hydrogen-bond acceptors (Lipinski definition) is 4. The molecule has 6 heteroatoms. The third-order valence-electron chi connectivity index (χ3n) is 5.56. The van der Waals surface area contributed by atoms with E-state index in [0.717, 1.165) is 47.3 Å². The van der Waals surface area contributed by atoms with Crippen LogP contribution in [0.5, 0.6) is 0 Å². The normalized spacial score (nSPS) is 17.3. The fraction of sp³-hybridized carbons (Fsp3) is 0.273. The van der Waals surface area contributed by atoms with E-state index in [4.69, 9.17) is 4.98 Å². The molecule has 1 aliphatic heterocycles. The van der Waals surface area contributed by atoms with Gasteiger partial charge in [0.2, 0.25) is 0 Å². The van der Waals surface area contributed by atoms with Gasteiger partial charge >= 0.3 is 0 Å². The van der Waals surface area contributed by atoms with Crippen LogP contribution in [0, 0.1) is 6.92 Å². The van der Waals surface area contributed by atoms with E-state index in [1.54, 1.807) is 12.4 Å². The molecule has 140 valence electrons. The van der Waals surface area contributed by atoms with E-state index in [0.29, 0.717) is 17.6 Å². The van der Waals surface area contributed by atoms with Gasteiger partial charge in [-0.05, 0) is 43.5 Å². The Labute approximate surface area is 162 Å². The van der Waals surface area contributed by atoms with Crippen LogP contribution < -0.4 is 0 Å². The van der Waals surface area contributed by atoms with Crippen LogP contribution in [-0.2, 0) is 0 Å². The summed E-state index contributed by atoms with van der Waals surface area (Å²) in [5, 5.41) is 0. The molecule has 0 unspecified atom stereocenters. The van der Waals surface area contributed by atoms with Crippen LogP contribution >= 0.6 is 0 Å². The van der Waals surface area contributed by atoms with Crippen molar-refractivity contribution in [2.24, 2.45) is 0 Å². The fourth-order valence-corrected chi connectivity index (χ4v) is 4.11. The van der Waals surface area contributed by atoms with Crippen LogP contribution in [0.3, 0.4) is 0 Å². The zero-order chi connectivity index (χ0) is 19.1. The van der Waals surface area contributed by atoms with Gasteiger partial charge in [-0.2, -0.15) is 0 Å². The number of nitrogens with one attached hydrogen (secondary N) is 1. The number of rotatable bonds is 2. The van der Waals surface area contributed by atoms with Crippen LogP contribution in [0.4, 0.5) is 0 Å². The molecule has 28 heavy (non-hydrogen) atoms. The summed E-state index contributed by atoms with van der Waals surface area (Å²) in [6, 6.07) is 11.8. The molecule has 2 aromatic carbocycles. The summed E-state index contributed by atoms with van der Waals surface area (Å²) >= 11 is 0. The molecule has 1 fully saturated rings. The van der Waals surface area contributed by atoms with E-state index in [2.05, 4.69) is 34.0 Å². The molecule has 6 nitrogen and oxygen atoms in total. The quantitative estimate of drug-likeness (QED) is 0.581. The first-order valence-corrected chi connectivity index (χ1v) is 9.65. The Kier molecular flexibility index (Phi) is 4.04. The summed E-state index contributed by atoms with van der Waals surface area (Å²) in [5.74, 6) is 1.20. The van der Waals surface area contributed by atoms with Crippen LogP contribution in [0.25, 0.3) is 22.1 Å². The summed E-state index contributed by atoms with van der Waals surface area (Å²) in [5.41, 5.74) is 5.27. The monoisotopic (exact) mass is 371 g/mol. The molecule has 5 rings (SSSR count). The van der Waals surface area contributed by atoms with Crippen molar-refractivity contribution in [1.82, 2.24) is 24.8 Å². The number of carbonyl (C=O) groups is 1. The number of benzene rings is 2. The molecule has 0 saturated carbocycles. The first-order valence-electron chi connectivity index (χ1n) is 9.65. The SMILES string of the molecule is Cc1cccc2[nH]c([C@H]3CCCN(C(=O)c4cccc5nccnc45)C3)nc12. The van der Waals surface area contributed by atoms with Crippen molar-refractivity contribution in [2.45, 2.75) is 25.7 Å². The van der Waals surface area contributed by atoms with Crippen LogP contribution in [-0.4, -0.2) is 43.8 Å². The second-order valence-electron chi connectivity index (χ2n) is 7.41. The minimum absolute atomic E-state index is 0.0168. The van der Waals surface area contributed by atoms with Crippen molar-refractivity contribution < 1.29 is 4.79 Å². The predicted octanol–water partition coefficient (Wildman–Crippen LogP) is 3.83. The molecule has 1 N–H and O–H groups in total. The van der Waals surface area contributed by atoms with E-state index < -0.39 is 0 Å². The second-order valence-corrected chi connectivity index (χ2v) is 7.41. The molecule has 0 aliphatic carbocycles. The van der Waals surface area contributed by atoms with Crippen LogP contribution in [0.15, 0.2) is 48.8 Å². The van der Waals surface area contributed by atoms with Gasteiger partial charge in [-0.3, -0.25) is 14.8 Å². The number of piperidine rings is 1. The highest BCUT2D eigenvalue weighted by Gasteiger charge is 2.28. The Morgan fingerprint density at radius 3 is 2.86 bits per heavy atom. The Hall–Kier alpha value is -3.28. The van der Waals surface area contributed by atoms with Gasteiger partial charge < -0.3 is 9.88 Å². The third kappa shape index (κ3) is 2.81. The lowest BCUT2D eigenvalue weighted by Gasteiger charge is -2.32. The molecule has 0 bridgehead atoms. The molecule has 2 aromatic heterocycles.